The molecule has 2 heteroatoms. The Morgan fingerprint density at radius 1 is 0.500 bits per heavy atom. The smallest absolute Gasteiger partial charge is 0.0466 e. The third kappa shape index (κ3) is 22.3. The van der Waals surface area contributed by atoms with E-state index >= 15 is 0 Å². The van der Waals surface area contributed by atoms with Gasteiger partial charge >= 0.3 is 0 Å². The molecule has 0 heterocycles. The molecule has 0 unspecified atom stereocenters. The van der Waals surface area contributed by atoms with Crippen molar-refractivity contribution in [3.63, 3.8) is 0 Å². The number of ether oxygens (including phenoxy) is 1. The molecule has 0 amide bonds. The molecule has 0 aliphatic rings. The Morgan fingerprint density at radius 3 is 1.29 bits per heavy atom. The Labute approximate surface area is 158 Å². The van der Waals surface area contributed by atoms with Gasteiger partial charge in [0, 0.05) is 13.2 Å². The van der Waals surface area contributed by atoms with Crippen LogP contribution in [-0.4, -0.2) is 25.2 Å². The van der Waals surface area contributed by atoms with Crippen LogP contribution in [0.15, 0.2) is 0 Å². The first-order chi connectivity index (χ1) is 11.9. The van der Waals surface area contributed by atoms with Gasteiger partial charge in [-0.05, 0) is 31.3 Å². The van der Waals surface area contributed by atoms with Gasteiger partial charge in [-0.25, -0.2) is 0 Å². The van der Waals surface area contributed by atoms with E-state index in [0.29, 0.717) is 0 Å². The zero-order chi connectivity index (χ0) is 17.6. The Morgan fingerprint density at radius 2 is 0.875 bits per heavy atom. The lowest BCUT2D eigenvalue weighted by atomic mass is 10.0. The second-order valence-electron chi connectivity index (χ2n) is 7.26. The molecule has 0 atom stereocenters. The summed E-state index contributed by atoms with van der Waals surface area (Å²) in [5.74, 6) is 1.35. The number of hydrogen-bond donors (Lipinski definition) is 0. The molecule has 0 saturated heterocycles. The van der Waals surface area contributed by atoms with E-state index in [9.17, 15) is 0 Å². The van der Waals surface area contributed by atoms with E-state index in [1.165, 1.54) is 115 Å². The molecule has 0 aromatic carbocycles. The molecule has 0 aromatic rings. The lowest BCUT2D eigenvalue weighted by molar-refractivity contribution is 0.126. The number of unbranched alkanes of at least 4 members (excludes halogenated alkanes) is 15. The minimum absolute atomic E-state index is 0.978. The van der Waals surface area contributed by atoms with Crippen molar-refractivity contribution in [3.05, 3.63) is 0 Å². The van der Waals surface area contributed by atoms with Crippen molar-refractivity contribution in [1.82, 2.24) is 0 Å². The van der Waals surface area contributed by atoms with Crippen molar-refractivity contribution < 1.29 is 4.74 Å². The van der Waals surface area contributed by atoms with Gasteiger partial charge in [0.15, 0.2) is 0 Å². The number of rotatable bonds is 21. The highest BCUT2D eigenvalue weighted by Crippen LogP contribution is 2.13. The third-order valence-corrected chi connectivity index (χ3v) is 5.48. The highest BCUT2D eigenvalue weighted by atomic mass is 32.2. The Kier molecular flexibility index (Phi) is 23.6. The minimum Gasteiger partial charge on any atom is -0.381 e. The van der Waals surface area contributed by atoms with Crippen LogP contribution >= 0.6 is 11.8 Å². The maximum absolute atomic E-state index is 5.65. The van der Waals surface area contributed by atoms with Crippen LogP contribution in [0.4, 0.5) is 0 Å². The van der Waals surface area contributed by atoms with E-state index in [-0.39, 0.29) is 0 Å². The minimum atomic E-state index is 0.978. The lowest BCUT2D eigenvalue weighted by Crippen LogP contribution is -1.96. The van der Waals surface area contributed by atoms with E-state index < -0.39 is 0 Å². The zero-order valence-electron chi connectivity index (χ0n) is 17.0. The van der Waals surface area contributed by atoms with Gasteiger partial charge in [-0.3, -0.25) is 0 Å². The first kappa shape index (κ1) is 24.3. The molecule has 0 aliphatic carbocycles. The van der Waals surface area contributed by atoms with Gasteiger partial charge in [-0.1, -0.05) is 96.8 Å². The standard InChI is InChI=1S/C22H46OS/c1-3-4-17-20-23-21-18-15-13-11-9-7-5-6-8-10-12-14-16-19-22-24-2/h3-22H2,1-2H3. The summed E-state index contributed by atoms with van der Waals surface area (Å²) in [6.45, 7) is 4.21. The molecule has 0 bridgehead atoms. The summed E-state index contributed by atoms with van der Waals surface area (Å²) < 4.78 is 5.65. The van der Waals surface area contributed by atoms with Crippen LogP contribution in [0.1, 0.15) is 116 Å². The summed E-state index contributed by atoms with van der Waals surface area (Å²) in [7, 11) is 0. The van der Waals surface area contributed by atoms with E-state index in [2.05, 4.69) is 13.2 Å². The normalized spacial score (nSPS) is 11.2. The van der Waals surface area contributed by atoms with Crippen LogP contribution in [0.25, 0.3) is 0 Å². The summed E-state index contributed by atoms with van der Waals surface area (Å²) >= 11 is 1.99. The predicted octanol–water partition coefficient (Wildman–Crippen LogP) is 8.02. The summed E-state index contributed by atoms with van der Waals surface area (Å²) in [5, 5.41) is 0. The molecule has 146 valence electrons. The Balaban J connectivity index is 2.93. The second kappa shape index (κ2) is 23.3. The van der Waals surface area contributed by atoms with Crippen molar-refractivity contribution in [2.24, 2.45) is 0 Å². The summed E-state index contributed by atoms with van der Waals surface area (Å²) in [4.78, 5) is 0. The maximum atomic E-state index is 5.65. The summed E-state index contributed by atoms with van der Waals surface area (Å²) in [6, 6.07) is 0. The molecule has 0 radical (unpaired) electrons. The molecular formula is C22H46OS. The molecule has 0 rings (SSSR count). The topological polar surface area (TPSA) is 9.23 Å². The van der Waals surface area contributed by atoms with Crippen molar-refractivity contribution in [3.8, 4) is 0 Å². The average Bonchev–Trinajstić information content (AvgIpc) is 2.60. The van der Waals surface area contributed by atoms with Gasteiger partial charge in [0.05, 0.1) is 0 Å². The molecule has 0 spiro atoms. The van der Waals surface area contributed by atoms with Gasteiger partial charge in [0.1, 0.15) is 0 Å². The van der Waals surface area contributed by atoms with Gasteiger partial charge in [0.2, 0.25) is 0 Å². The van der Waals surface area contributed by atoms with Crippen molar-refractivity contribution in [1.29, 1.82) is 0 Å². The quantitative estimate of drug-likeness (QED) is 0.192. The maximum Gasteiger partial charge on any atom is 0.0466 e. The SMILES string of the molecule is CCCCCOCCCCCCCCCCCCCCCCSC. The van der Waals surface area contributed by atoms with Crippen LogP contribution in [0.3, 0.4) is 0 Å². The van der Waals surface area contributed by atoms with Gasteiger partial charge in [-0.2, -0.15) is 11.8 Å². The first-order valence-corrected chi connectivity index (χ1v) is 12.4. The molecular weight excluding hydrogens is 312 g/mol. The van der Waals surface area contributed by atoms with E-state index in [1.54, 1.807) is 0 Å². The highest BCUT2D eigenvalue weighted by molar-refractivity contribution is 7.98. The first-order valence-electron chi connectivity index (χ1n) is 11.0. The van der Waals surface area contributed by atoms with Crippen LogP contribution in [-0.2, 0) is 4.74 Å². The summed E-state index contributed by atoms with van der Waals surface area (Å²) in [5.41, 5.74) is 0. The zero-order valence-corrected chi connectivity index (χ0v) is 17.8. The Bertz CT molecular complexity index is 186. The third-order valence-electron chi connectivity index (χ3n) is 4.78. The monoisotopic (exact) mass is 358 g/mol. The molecule has 0 aromatic heterocycles. The summed E-state index contributed by atoms with van der Waals surface area (Å²) in [6.07, 6.45) is 26.1. The second-order valence-corrected chi connectivity index (χ2v) is 8.25. The van der Waals surface area contributed by atoms with Crippen LogP contribution in [0.2, 0.25) is 0 Å². The average molecular weight is 359 g/mol. The van der Waals surface area contributed by atoms with Gasteiger partial charge in [0.25, 0.3) is 0 Å². The van der Waals surface area contributed by atoms with Gasteiger partial charge in [-0.15, -0.1) is 0 Å². The predicted molar refractivity (Wildman–Crippen MR) is 113 cm³/mol. The molecule has 0 fully saturated rings. The van der Waals surface area contributed by atoms with E-state index in [1.807, 2.05) is 11.8 Å². The van der Waals surface area contributed by atoms with E-state index in [0.717, 1.165) is 13.2 Å². The fourth-order valence-corrected chi connectivity index (χ4v) is 3.62. The molecule has 0 saturated carbocycles. The van der Waals surface area contributed by atoms with Crippen LogP contribution < -0.4 is 0 Å². The van der Waals surface area contributed by atoms with Crippen molar-refractivity contribution in [2.75, 3.05) is 25.2 Å². The fourth-order valence-electron chi connectivity index (χ4n) is 3.13. The largest absolute Gasteiger partial charge is 0.381 e. The van der Waals surface area contributed by atoms with Gasteiger partial charge < -0.3 is 4.74 Å². The van der Waals surface area contributed by atoms with Crippen molar-refractivity contribution >= 4 is 11.8 Å². The Hall–Kier alpha value is 0.310. The number of thioether (sulfide) groups is 1. The van der Waals surface area contributed by atoms with Crippen LogP contribution in [0, 0.1) is 0 Å². The lowest BCUT2D eigenvalue weighted by Gasteiger charge is -2.04. The molecule has 24 heavy (non-hydrogen) atoms. The van der Waals surface area contributed by atoms with Crippen molar-refractivity contribution in [2.45, 2.75) is 116 Å². The van der Waals surface area contributed by atoms with Crippen LogP contribution in [0.5, 0.6) is 0 Å². The fraction of sp³-hybridized carbons (Fsp3) is 1.00. The molecule has 1 nitrogen and oxygen atoms in total. The molecule has 0 aliphatic heterocycles. The van der Waals surface area contributed by atoms with E-state index in [4.69, 9.17) is 4.74 Å². The number of hydrogen-bond acceptors (Lipinski definition) is 2. The highest BCUT2D eigenvalue weighted by Gasteiger charge is 1.95. The molecule has 0 N–H and O–H groups in total.